The summed E-state index contributed by atoms with van der Waals surface area (Å²) >= 11 is 1.51. The molecule has 1 atom stereocenters. The van der Waals surface area contributed by atoms with Crippen molar-refractivity contribution in [3.63, 3.8) is 0 Å². The number of anilines is 1. The lowest BCUT2D eigenvalue weighted by molar-refractivity contribution is -0.111. The van der Waals surface area contributed by atoms with Crippen molar-refractivity contribution in [1.82, 2.24) is 0 Å². The van der Waals surface area contributed by atoms with Crippen LogP contribution in [0.15, 0.2) is 30.3 Å². The van der Waals surface area contributed by atoms with E-state index in [1.54, 1.807) is 6.08 Å². The third-order valence-corrected chi connectivity index (χ3v) is 6.79. The van der Waals surface area contributed by atoms with Crippen molar-refractivity contribution in [2.24, 2.45) is 11.3 Å². The molecule has 0 saturated heterocycles. The number of benzene rings is 1. The van der Waals surface area contributed by atoms with Gasteiger partial charge in [0.15, 0.2) is 0 Å². The molecule has 0 saturated carbocycles. The Kier molecular flexibility index (Phi) is 6.27. The molecule has 0 bridgehead atoms. The third kappa shape index (κ3) is 4.96. The van der Waals surface area contributed by atoms with Crippen molar-refractivity contribution in [2.75, 3.05) is 12.4 Å². The summed E-state index contributed by atoms with van der Waals surface area (Å²) in [6.45, 7) is 8.81. The van der Waals surface area contributed by atoms with E-state index < -0.39 is 0 Å². The fourth-order valence-corrected chi connectivity index (χ4v) is 5.05. The molecule has 0 spiro atoms. The zero-order valence-corrected chi connectivity index (χ0v) is 18.6. The second kappa shape index (κ2) is 8.54. The molecule has 1 N–H and O–H groups in total. The van der Waals surface area contributed by atoms with E-state index in [2.05, 4.69) is 26.1 Å². The summed E-state index contributed by atoms with van der Waals surface area (Å²) in [6, 6.07) is 7.95. The highest BCUT2D eigenvalue weighted by atomic mass is 32.1. The first kappa shape index (κ1) is 21.3. The number of fused-ring (bicyclic) bond motifs is 1. The molecule has 1 aliphatic rings. The second-order valence-electron chi connectivity index (χ2n) is 8.74. The van der Waals surface area contributed by atoms with Crippen molar-refractivity contribution in [3.05, 3.63) is 57.5 Å². The lowest BCUT2D eigenvalue weighted by Gasteiger charge is -2.33. The van der Waals surface area contributed by atoms with Crippen LogP contribution in [0.5, 0.6) is 0 Å². The van der Waals surface area contributed by atoms with Crippen LogP contribution < -0.4 is 5.32 Å². The van der Waals surface area contributed by atoms with E-state index in [1.165, 1.54) is 35.0 Å². The van der Waals surface area contributed by atoms with Gasteiger partial charge in [-0.2, -0.15) is 0 Å². The van der Waals surface area contributed by atoms with Gasteiger partial charge in [0.2, 0.25) is 5.91 Å². The number of ether oxygens (including phenoxy) is 1. The Balaban J connectivity index is 1.83. The zero-order valence-electron chi connectivity index (χ0n) is 17.8. The van der Waals surface area contributed by atoms with Crippen molar-refractivity contribution in [3.8, 4) is 0 Å². The summed E-state index contributed by atoms with van der Waals surface area (Å²) in [5.74, 6) is -0.0691. The minimum absolute atomic E-state index is 0.216. The topological polar surface area (TPSA) is 55.4 Å². The number of rotatable bonds is 4. The van der Waals surface area contributed by atoms with Gasteiger partial charge >= 0.3 is 5.97 Å². The third-order valence-electron chi connectivity index (χ3n) is 5.62. The van der Waals surface area contributed by atoms with Crippen LogP contribution in [0, 0.1) is 18.3 Å². The number of hydrogen-bond acceptors (Lipinski definition) is 4. The maximum absolute atomic E-state index is 12.5. The zero-order chi connectivity index (χ0) is 21.2. The van der Waals surface area contributed by atoms with E-state index in [1.807, 2.05) is 31.2 Å². The second-order valence-corrected chi connectivity index (χ2v) is 9.84. The molecule has 2 aromatic rings. The molecular weight excluding hydrogens is 382 g/mol. The average molecular weight is 412 g/mol. The number of nitrogens with one attached hydrogen (secondary N) is 1. The molecule has 0 fully saturated rings. The Hall–Kier alpha value is -2.40. The average Bonchev–Trinajstić information content (AvgIpc) is 3.03. The van der Waals surface area contributed by atoms with Crippen molar-refractivity contribution < 1.29 is 14.3 Å². The van der Waals surface area contributed by atoms with Crippen molar-refractivity contribution >= 4 is 34.3 Å². The fourth-order valence-electron chi connectivity index (χ4n) is 3.73. The predicted octanol–water partition coefficient (Wildman–Crippen LogP) is 5.65. The van der Waals surface area contributed by atoms with Crippen LogP contribution in [0.4, 0.5) is 5.00 Å². The number of methoxy groups -OCH3 is 1. The quantitative estimate of drug-likeness (QED) is 0.523. The van der Waals surface area contributed by atoms with E-state index in [4.69, 9.17) is 4.74 Å². The Labute approximate surface area is 177 Å². The predicted molar refractivity (Wildman–Crippen MR) is 119 cm³/mol. The summed E-state index contributed by atoms with van der Waals surface area (Å²) in [6.07, 6.45) is 6.09. The van der Waals surface area contributed by atoms with Gasteiger partial charge in [0.25, 0.3) is 0 Å². The lowest BCUT2D eigenvalue weighted by atomic mass is 9.72. The molecule has 1 aromatic carbocycles. The molecule has 1 amide bonds. The molecule has 0 radical (unpaired) electrons. The summed E-state index contributed by atoms with van der Waals surface area (Å²) in [4.78, 5) is 26.2. The van der Waals surface area contributed by atoms with Gasteiger partial charge in [0.05, 0.1) is 12.7 Å². The lowest BCUT2D eigenvalue weighted by Crippen LogP contribution is -2.26. The van der Waals surface area contributed by atoms with Crippen LogP contribution in [0.3, 0.4) is 0 Å². The van der Waals surface area contributed by atoms with E-state index in [-0.39, 0.29) is 17.3 Å². The van der Waals surface area contributed by atoms with Crippen LogP contribution in [0.25, 0.3) is 6.08 Å². The van der Waals surface area contributed by atoms with Crippen LogP contribution in [-0.2, 0) is 22.4 Å². The van der Waals surface area contributed by atoms with Gasteiger partial charge in [0, 0.05) is 11.0 Å². The number of carbonyl (C=O) groups is 2. The number of amides is 1. The molecule has 5 heteroatoms. The summed E-state index contributed by atoms with van der Waals surface area (Å²) in [5, 5.41) is 3.50. The van der Waals surface area contributed by atoms with Crippen LogP contribution >= 0.6 is 11.3 Å². The summed E-state index contributed by atoms with van der Waals surface area (Å²) in [5.41, 5.74) is 3.91. The van der Waals surface area contributed by atoms with Gasteiger partial charge in [-0.1, -0.05) is 50.6 Å². The van der Waals surface area contributed by atoms with Crippen molar-refractivity contribution in [2.45, 2.75) is 47.0 Å². The van der Waals surface area contributed by atoms with Crippen LogP contribution in [0.1, 0.15) is 59.1 Å². The van der Waals surface area contributed by atoms with E-state index in [0.717, 1.165) is 30.4 Å². The Morgan fingerprint density at radius 1 is 1.21 bits per heavy atom. The highest BCUT2D eigenvalue weighted by molar-refractivity contribution is 7.17. The van der Waals surface area contributed by atoms with Gasteiger partial charge in [-0.15, -0.1) is 11.3 Å². The molecule has 154 valence electrons. The van der Waals surface area contributed by atoms with Crippen LogP contribution in [-0.4, -0.2) is 19.0 Å². The summed E-state index contributed by atoms with van der Waals surface area (Å²) < 4.78 is 5.02. The largest absolute Gasteiger partial charge is 0.465 e. The Morgan fingerprint density at radius 2 is 1.90 bits per heavy atom. The van der Waals surface area contributed by atoms with E-state index in [0.29, 0.717) is 16.5 Å². The molecule has 1 aromatic heterocycles. The SMILES string of the molecule is COC(=O)c1c(NC(=O)/C=C/c2ccc(C)cc2)sc2c1CCC(C(C)(C)C)C2. The molecule has 1 heterocycles. The van der Waals surface area contributed by atoms with Crippen molar-refractivity contribution in [1.29, 1.82) is 0 Å². The molecule has 4 nitrogen and oxygen atoms in total. The van der Waals surface area contributed by atoms with Gasteiger partial charge in [-0.25, -0.2) is 4.79 Å². The molecule has 1 unspecified atom stereocenters. The Bertz CT molecular complexity index is 932. The minimum Gasteiger partial charge on any atom is -0.465 e. The number of thiophene rings is 1. The highest BCUT2D eigenvalue weighted by Crippen LogP contribution is 2.44. The standard InChI is InChI=1S/C24H29NO3S/c1-15-6-8-16(9-7-15)10-13-20(26)25-22-21(23(27)28-5)18-12-11-17(24(2,3)4)14-19(18)29-22/h6-10,13,17H,11-12,14H2,1-5H3,(H,25,26)/b13-10+. The van der Waals surface area contributed by atoms with Gasteiger partial charge < -0.3 is 10.1 Å². The monoisotopic (exact) mass is 411 g/mol. The number of carbonyl (C=O) groups excluding carboxylic acids is 2. The van der Waals surface area contributed by atoms with E-state index >= 15 is 0 Å². The molecule has 1 aliphatic carbocycles. The minimum atomic E-state index is -0.380. The first-order valence-electron chi connectivity index (χ1n) is 9.97. The molecule has 29 heavy (non-hydrogen) atoms. The normalized spacial score (nSPS) is 16.5. The van der Waals surface area contributed by atoms with Gasteiger partial charge in [-0.05, 0) is 54.7 Å². The Morgan fingerprint density at radius 3 is 2.52 bits per heavy atom. The molecule has 0 aliphatic heterocycles. The maximum atomic E-state index is 12.5. The maximum Gasteiger partial charge on any atom is 0.341 e. The summed E-state index contributed by atoms with van der Waals surface area (Å²) in [7, 11) is 1.38. The van der Waals surface area contributed by atoms with Gasteiger partial charge in [-0.3, -0.25) is 4.79 Å². The highest BCUT2D eigenvalue weighted by Gasteiger charge is 2.34. The number of aryl methyl sites for hydroxylation is 1. The number of hydrogen-bond donors (Lipinski definition) is 1. The van der Waals surface area contributed by atoms with Gasteiger partial charge in [0.1, 0.15) is 5.00 Å². The fraction of sp³-hybridized carbons (Fsp3) is 0.417. The first-order chi connectivity index (χ1) is 13.7. The van der Waals surface area contributed by atoms with E-state index in [9.17, 15) is 9.59 Å². The first-order valence-corrected chi connectivity index (χ1v) is 10.8. The molecular formula is C24H29NO3S. The number of esters is 1. The smallest absolute Gasteiger partial charge is 0.341 e. The molecule has 3 rings (SSSR count). The van der Waals surface area contributed by atoms with Crippen LogP contribution in [0.2, 0.25) is 0 Å².